The number of anilines is 1. The quantitative estimate of drug-likeness (QED) is 0.326. The van der Waals surface area contributed by atoms with Gasteiger partial charge in [-0.3, -0.25) is 9.69 Å². The van der Waals surface area contributed by atoms with Gasteiger partial charge in [0.05, 0.1) is 17.1 Å². The molecule has 2 fully saturated rings. The van der Waals surface area contributed by atoms with Crippen molar-refractivity contribution in [3.05, 3.63) is 53.6 Å². The molecule has 1 aromatic heterocycles. The summed E-state index contributed by atoms with van der Waals surface area (Å²) in [6, 6.07) is 4.75. The highest BCUT2D eigenvalue weighted by Gasteiger charge is 2.38. The molecule has 2 aliphatic heterocycles. The Morgan fingerprint density at radius 1 is 1.15 bits per heavy atom. The van der Waals surface area contributed by atoms with Gasteiger partial charge in [0, 0.05) is 56.6 Å². The Labute approximate surface area is 232 Å². The van der Waals surface area contributed by atoms with Gasteiger partial charge in [-0.1, -0.05) is 24.2 Å². The fraction of sp³-hybridized carbons (Fsp3) is 0.370. The molecule has 1 amide bonds. The lowest BCUT2D eigenvalue weighted by Gasteiger charge is -2.35. The number of likely N-dealkylation sites (tertiary alicyclic amines) is 1. The molecule has 2 aromatic carbocycles. The number of phenols is 1. The van der Waals surface area contributed by atoms with Crippen LogP contribution in [0.25, 0.3) is 22.0 Å². The van der Waals surface area contributed by atoms with Crippen molar-refractivity contribution in [2.75, 3.05) is 57.3 Å². The summed E-state index contributed by atoms with van der Waals surface area (Å²) in [5.41, 5.74) is -1.01. The lowest BCUT2D eigenvalue weighted by molar-refractivity contribution is -0.126. The normalized spacial score (nSPS) is 17.4. The Morgan fingerprint density at radius 3 is 2.55 bits per heavy atom. The summed E-state index contributed by atoms with van der Waals surface area (Å²) in [5.74, 6) is -5.06. The first-order chi connectivity index (χ1) is 19.1. The van der Waals surface area contributed by atoms with E-state index in [4.69, 9.17) is 16.3 Å². The highest BCUT2D eigenvalue weighted by molar-refractivity contribution is 6.34. The molecular weight excluding hydrogens is 554 g/mol. The predicted molar refractivity (Wildman–Crippen MR) is 142 cm³/mol. The third-order valence-corrected chi connectivity index (χ3v) is 7.33. The van der Waals surface area contributed by atoms with E-state index in [1.807, 2.05) is 4.90 Å². The molecule has 1 N–H and O–H groups in total. The van der Waals surface area contributed by atoms with Crippen LogP contribution < -0.4 is 9.64 Å². The number of rotatable bonds is 7. The van der Waals surface area contributed by atoms with Crippen molar-refractivity contribution in [1.82, 2.24) is 19.8 Å². The highest BCUT2D eigenvalue weighted by Crippen LogP contribution is 2.42. The summed E-state index contributed by atoms with van der Waals surface area (Å²) < 4.78 is 63.6. The van der Waals surface area contributed by atoms with Crippen LogP contribution in [0.15, 0.2) is 36.9 Å². The Morgan fingerprint density at radius 2 is 1.90 bits per heavy atom. The Balaban J connectivity index is 1.53. The summed E-state index contributed by atoms with van der Waals surface area (Å²) in [5, 5.41) is 10.3. The summed E-state index contributed by atoms with van der Waals surface area (Å²) >= 11 is 6.45. The van der Waals surface area contributed by atoms with Gasteiger partial charge in [0.25, 0.3) is 5.92 Å². The third-order valence-electron chi connectivity index (χ3n) is 7.04. The molecule has 0 atom stereocenters. The van der Waals surface area contributed by atoms with Gasteiger partial charge in [-0.05, 0) is 24.3 Å². The lowest BCUT2D eigenvalue weighted by Crippen LogP contribution is -2.48. The smallest absolute Gasteiger partial charge is 0.319 e. The third kappa shape index (κ3) is 5.50. The average Bonchev–Trinajstić information content (AvgIpc) is 3.28. The van der Waals surface area contributed by atoms with Gasteiger partial charge in [-0.15, -0.1) is 0 Å². The van der Waals surface area contributed by atoms with Crippen LogP contribution in [-0.4, -0.2) is 89.1 Å². The Bertz CT molecular complexity index is 1450. The second kappa shape index (κ2) is 11.1. The summed E-state index contributed by atoms with van der Waals surface area (Å²) in [6.07, 6.45) is 0.994. The SMILES string of the molecule is C=CC(=O)N1CCN(c2nc(OCCN3CCC(F)(F)C3)nc3c(F)c(-c4c(O)cccc4F)c(Cl)cc23)CC1. The van der Waals surface area contributed by atoms with Crippen molar-refractivity contribution in [1.29, 1.82) is 0 Å². The topological polar surface area (TPSA) is 82.0 Å². The molecule has 13 heteroatoms. The van der Waals surface area contributed by atoms with Crippen LogP contribution in [0.3, 0.4) is 0 Å². The minimum atomic E-state index is -2.75. The maximum Gasteiger partial charge on any atom is 0.319 e. The van der Waals surface area contributed by atoms with Gasteiger partial charge in [0.1, 0.15) is 29.5 Å². The molecule has 0 bridgehead atoms. The van der Waals surface area contributed by atoms with Crippen molar-refractivity contribution >= 4 is 34.2 Å². The molecule has 0 radical (unpaired) electrons. The van der Waals surface area contributed by atoms with E-state index in [9.17, 15) is 23.1 Å². The van der Waals surface area contributed by atoms with Crippen LogP contribution in [0.1, 0.15) is 6.42 Å². The molecule has 8 nitrogen and oxygen atoms in total. The first kappa shape index (κ1) is 27.9. The monoisotopic (exact) mass is 579 g/mol. The van der Waals surface area contributed by atoms with Crippen molar-refractivity contribution < 1.29 is 32.2 Å². The Hall–Kier alpha value is -3.64. The average molecular weight is 580 g/mol. The van der Waals surface area contributed by atoms with Gasteiger partial charge in [0.2, 0.25) is 5.91 Å². The van der Waals surface area contributed by atoms with E-state index in [2.05, 4.69) is 16.5 Å². The predicted octanol–water partition coefficient (Wildman–Crippen LogP) is 4.49. The lowest BCUT2D eigenvalue weighted by atomic mass is 10.0. The van der Waals surface area contributed by atoms with Crippen molar-refractivity contribution in [3.8, 4) is 22.9 Å². The fourth-order valence-electron chi connectivity index (χ4n) is 4.99. The second-order valence-corrected chi connectivity index (χ2v) is 10.1. The van der Waals surface area contributed by atoms with E-state index in [-0.39, 0.29) is 71.9 Å². The minimum absolute atomic E-state index is 0.0290. The summed E-state index contributed by atoms with van der Waals surface area (Å²) in [7, 11) is 0. The molecular formula is C27H26ClF4N5O3. The van der Waals surface area contributed by atoms with Gasteiger partial charge in [0.15, 0.2) is 5.82 Å². The molecule has 0 unspecified atom stereocenters. The van der Waals surface area contributed by atoms with Gasteiger partial charge in [-0.2, -0.15) is 9.97 Å². The molecule has 5 rings (SSSR count). The standard InChI is InChI=1S/C27H26ClF4N5O3/c1-2-20(39)36-8-10-37(11-9-36)25-16-14-17(28)21(22-18(29)4-3-5-19(22)38)23(30)24(16)33-26(34-25)40-13-12-35-7-6-27(31,32)15-35/h2-5,14,38H,1,6-13,15H2. The molecule has 212 valence electrons. The number of piperazine rings is 1. The zero-order chi connectivity index (χ0) is 28.6. The number of carbonyl (C=O) groups is 1. The fourth-order valence-corrected chi connectivity index (χ4v) is 5.27. The molecule has 0 spiro atoms. The number of fused-ring (bicyclic) bond motifs is 1. The molecule has 0 aliphatic carbocycles. The number of aromatic hydroxyl groups is 1. The van der Waals surface area contributed by atoms with E-state index in [0.717, 1.165) is 6.07 Å². The van der Waals surface area contributed by atoms with E-state index in [0.29, 0.717) is 26.2 Å². The Kier molecular flexibility index (Phi) is 7.74. The number of hydrogen-bond acceptors (Lipinski definition) is 7. The van der Waals surface area contributed by atoms with Crippen molar-refractivity contribution in [2.24, 2.45) is 0 Å². The number of carbonyl (C=O) groups excluding carboxylic acids is 1. The van der Waals surface area contributed by atoms with Gasteiger partial charge < -0.3 is 19.6 Å². The zero-order valence-electron chi connectivity index (χ0n) is 21.3. The number of amides is 1. The van der Waals surface area contributed by atoms with Crippen LogP contribution in [0.4, 0.5) is 23.4 Å². The molecule has 2 saturated heterocycles. The van der Waals surface area contributed by atoms with Crippen LogP contribution in [0.2, 0.25) is 5.02 Å². The summed E-state index contributed by atoms with van der Waals surface area (Å²) in [6.45, 7) is 4.91. The number of aromatic nitrogens is 2. The first-order valence-corrected chi connectivity index (χ1v) is 13.0. The first-order valence-electron chi connectivity index (χ1n) is 12.6. The number of ether oxygens (including phenoxy) is 1. The van der Waals surface area contributed by atoms with Crippen LogP contribution in [-0.2, 0) is 4.79 Å². The van der Waals surface area contributed by atoms with E-state index in [1.165, 1.54) is 24.3 Å². The molecule has 0 saturated carbocycles. The van der Waals surface area contributed by atoms with Crippen LogP contribution in [0.5, 0.6) is 11.8 Å². The van der Waals surface area contributed by atoms with Crippen LogP contribution >= 0.6 is 11.6 Å². The highest BCUT2D eigenvalue weighted by atomic mass is 35.5. The number of alkyl halides is 2. The van der Waals surface area contributed by atoms with Gasteiger partial charge in [-0.25, -0.2) is 17.6 Å². The number of nitrogens with zero attached hydrogens (tertiary/aromatic N) is 5. The van der Waals surface area contributed by atoms with Crippen LogP contribution in [0, 0.1) is 11.6 Å². The molecule has 2 aliphatic rings. The maximum atomic E-state index is 16.1. The van der Waals surface area contributed by atoms with E-state index < -0.39 is 28.9 Å². The largest absolute Gasteiger partial charge is 0.507 e. The maximum absolute atomic E-state index is 16.1. The number of halogens is 5. The molecule has 3 heterocycles. The van der Waals surface area contributed by atoms with E-state index >= 15 is 4.39 Å². The number of benzene rings is 2. The molecule has 40 heavy (non-hydrogen) atoms. The second-order valence-electron chi connectivity index (χ2n) is 9.65. The number of phenolic OH excluding ortho intramolecular Hbond substituents is 1. The van der Waals surface area contributed by atoms with Gasteiger partial charge >= 0.3 is 6.01 Å². The minimum Gasteiger partial charge on any atom is -0.507 e. The molecule has 3 aromatic rings. The zero-order valence-corrected chi connectivity index (χ0v) is 22.1. The summed E-state index contributed by atoms with van der Waals surface area (Å²) in [4.78, 5) is 25.7. The van der Waals surface area contributed by atoms with E-state index in [1.54, 1.807) is 9.80 Å². The number of hydrogen-bond donors (Lipinski definition) is 1. The van der Waals surface area contributed by atoms with Crippen molar-refractivity contribution in [2.45, 2.75) is 12.3 Å². The van der Waals surface area contributed by atoms with Crippen molar-refractivity contribution in [3.63, 3.8) is 0 Å².